The molecule has 0 heterocycles. The maximum absolute atomic E-state index is 13.3. The summed E-state index contributed by atoms with van der Waals surface area (Å²) in [6.45, 7) is 0.733. The van der Waals surface area contributed by atoms with E-state index in [9.17, 15) is 4.39 Å². The summed E-state index contributed by atoms with van der Waals surface area (Å²) in [7, 11) is 1.73. The predicted octanol–water partition coefficient (Wildman–Crippen LogP) is 3.11. The average Bonchev–Trinajstić information content (AvgIpc) is 2.32. The molecule has 0 amide bonds. The summed E-state index contributed by atoms with van der Waals surface area (Å²) >= 11 is 11.8. The highest BCUT2D eigenvalue weighted by atomic mass is 35.5. The fourth-order valence-corrected chi connectivity index (χ4v) is 2.28. The standard InChI is InChI=1S/C14H12BCl2FO/c15-13-2-1-9(5-14(13)18)7-19-8-10-3-11(16)6-12(17)4-10/h1-6H,7-8,15H2. The van der Waals surface area contributed by atoms with Crippen molar-refractivity contribution in [3.05, 3.63) is 63.4 Å². The van der Waals surface area contributed by atoms with Crippen molar-refractivity contribution in [1.29, 1.82) is 0 Å². The van der Waals surface area contributed by atoms with Crippen LogP contribution in [0.5, 0.6) is 0 Å². The van der Waals surface area contributed by atoms with Gasteiger partial charge in [0.15, 0.2) is 0 Å². The van der Waals surface area contributed by atoms with Gasteiger partial charge in [0.05, 0.1) is 13.2 Å². The minimum atomic E-state index is -0.216. The van der Waals surface area contributed by atoms with E-state index in [1.807, 2.05) is 6.07 Å². The summed E-state index contributed by atoms with van der Waals surface area (Å²) in [6, 6.07) is 10.3. The number of benzene rings is 2. The van der Waals surface area contributed by atoms with Crippen molar-refractivity contribution in [2.24, 2.45) is 0 Å². The quantitative estimate of drug-likeness (QED) is 0.788. The molecule has 0 atom stereocenters. The number of hydrogen-bond donors (Lipinski definition) is 0. The molecule has 0 aliphatic carbocycles. The van der Waals surface area contributed by atoms with Gasteiger partial charge in [-0.15, -0.1) is 0 Å². The molecule has 2 aromatic carbocycles. The van der Waals surface area contributed by atoms with Gasteiger partial charge in [0.2, 0.25) is 0 Å². The van der Waals surface area contributed by atoms with E-state index in [2.05, 4.69) is 0 Å². The first-order valence-corrected chi connectivity index (χ1v) is 6.58. The summed E-state index contributed by atoms with van der Waals surface area (Å²) < 4.78 is 18.9. The molecule has 2 aromatic rings. The first kappa shape index (κ1) is 14.4. The van der Waals surface area contributed by atoms with Crippen LogP contribution in [0.25, 0.3) is 0 Å². The Kier molecular flexibility index (Phi) is 4.86. The Morgan fingerprint density at radius 1 is 0.947 bits per heavy atom. The largest absolute Gasteiger partial charge is 0.372 e. The van der Waals surface area contributed by atoms with Gasteiger partial charge in [0.25, 0.3) is 0 Å². The Bertz CT molecular complexity index is 569. The number of rotatable bonds is 4. The van der Waals surface area contributed by atoms with Gasteiger partial charge in [0.1, 0.15) is 13.7 Å². The molecule has 19 heavy (non-hydrogen) atoms. The minimum absolute atomic E-state index is 0.216. The van der Waals surface area contributed by atoms with Crippen LogP contribution in [0.3, 0.4) is 0 Å². The zero-order chi connectivity index (χ0) is 13.8. The van der Waals surface area contributed by atoms with Gasteiger partial charge in [-0.25, -0.2) is 4.39 Å². The second-order valence-corrected chi connectivity index (χ2v) is 5.23. The Labute approximate surface area is 122 Å². The molecule has 0 spiro atoms. The molecule has 0 bridgehead atoms. The first-order chi connectivity index (χ1) is 9.04. The minimum Gasteiger partial charge on any atom is -0.372 e. The van der Waals surface area contributed by atoms with Crippen LogP contribution in [-0.2, 0) is 18.0 Å². The van der Waals surface area contributed by atoms with Crippen LogP contribution in [0.1, 0.15) is 11.1 Å². The van der Waals surface area contributed by atoms with E-state index in [0.717, 1.165) is 11.1 Å². The molecule has 5 heteroatoms. The van der Waals surface area contributed by atoms with Crippen LogP contribution >= 0.6 is 23.2 Å². The Morgan fingerprint density at radius 3 is 2.21 bits per heavy atom. The zero-order valence-corrected chi connectivity index (χ0v) is 11.9. The van der Waals surface area contributed by atoms with E-state index in [-0.39, 0.29) is 5.82 Å². The van der Waals surface area contributed by atoms with Gasteiger partial charge >= 0.3 is 0 Å². The van der Waals surface area contributed by atoms with Crippen molar-refractivity contribution in [2.45, 2.75) is 13.2 Å². The van der Waals surface area contributed by atoms with E-state index in [0.29, 0.717) is 28.7 Å². The van der Waals surface area contributed by atoms with Crippen LogP contribution in [0.15, 0.2) is 36.4 Å². The van der Waals surface area contributed by atoms with Crippen LogP contribution < -0.4 is 5.46 Å². The third kappa shape index (κ3) is 4.24. The second kappa shape index (κ2) is 6.42. The van der Waals surface area contributed by atoms with Gasteiger partial charge in [-0.05, 0) is 35.4 Å². The lowest BCUT2D eigenvalue weighted by molar-refractivity contribution is 0.107. The molecule has 0 saturated heterocycles. The normalized spacial score (nSPS) is 10.7. The fourth-order valence-electron chi connectivity index (χ4n) is 1.71. The van der Waals surface area contributed by atoms with E-state index in [4.69, 9.17) is 27.9 Å². The van der Waals surface area contributed by atoms with Gasteiger partial charge in [-0.2, -0.15) is 0 Å². The highest BCUT2D eigenvalue weighted by Crippen LogP contribution is 2.19. The molecule has 0 aliphatic rings. The van der Waals surface area contributed by atoms with Crippen LogP contribution in [0.4, 0.5) is 4.39 Å². The number of halogens is 3. The summed E-state index contributed by atoms with van der Waals surface area (Å²) in [5.74, 6) is -0.216. The van der Waals surface area contributed by atoms with Crippen molar-refractivity contribution in [3.63, 3.8) is 0 Å². The molecule has 1 nitrogen and oxygen atoms in total. The third-order valence-corrected chi connectivity index (χ3v) is 3.13. The Balaban J connectivity index is 1.94. The molecule has 2 rings (SSSR count). The summed E-state index contributed by atoms with van der Waals surface area (Å²) in [5.41, 5.74) is 2.33. The predicted molar refractivity (Wildman–Crippen MR) is 79.5 cm³/mol. The SMILES string of the molecule is Bc1ccc(COCc2cc(Cl)cc(Cl)c2)cc1F. The van der Waals surface area contributed by atoms with E-state index in [1.165, 1.54) is 6.07 Å². The highest BCUT2D eigenvalue weighted by molar-refractivity contribution is 6.34. The molecule has 0 radical (unpaired) electrons. The number of hydrogen-bond acceptors (Lipinski definition) is 1. The van der Waals surface area contributed by atoms with Crippen molar-refractivity contribution >= 4 is 36.5 Å². The molecule has 98 valence electrons. The van der Waals surface area contributed by atoms with Crippen LogP contribution in [-0.4, -0.2) is 7.85 Å². The van der Waals surface area contributed by atoms with E-state index < -0.39 is 0 Å². The lowest BCUT2D eigenvalue weighted by atomic mass is 9.94. The van der Waals surface area contributed by atoms with Crippen molar-refractivity contribution in [2.75, 3.05) is 0 Å². The number of ether oxygens (including phenoxy) is 1. The van der Waals surface area contributed by atoms with Crippen LogP contribution in [0, 0.1) is 5.82 Å². The van der Waals surface area contributed by atoms with Crippen molar-refractivity contribution in [3.8, 4) is 0 Å². The third-order valence-electron chi connectivity index (χ3n) is 2.70. The topological polar surface area (TPSA) is 9.23 Å². The maximum atomic E-state index is 13.3. The molecule has 0 saturated carbocycles. The van der Waals surface area contributed by atoms with Gasteiger partial charge < -0.3 is 4.74 Å². The van der Waals surface area contributed by atoms with Gasteiger partial charge in [0, 0.05) is 10.0 Å². The molecule has 0 unspecified atom stereocenters. The monoisotopic (exact) mass is 296 g/mol. The summed E-state index contributed by atoms with van der Waals surface area (Å²) in [6.07, 6.45) is 0. The Morgan fingerprint density at radius 2 is 1.58 bits per heavy atom. The Hall–Kier alpha value is -1.03. The van der Waals surface area contributed by atoms with Crippen LogP contribution in [0.2, 0.25) is 10.0 Å². The van der Waals surface area contributed by atoms with Gasteiger partial charge in [-0.3, -0.25) is 0 Å². The first-order valence-electron chi connectivity index (χ1n) is 5.82. The molecule has 0 fully saturated rings. The molecule has 0 aromatic heterocycles. The zero-order valence-electron chi connectivity index (χ0n) is 10.4. The smallest absolute Gasteiger partial charge is 0.143 e. The average molecular weight is 297 g/mol. The molecular weight excluding hydrogens is 285 g/mol. The lowest BCUT2D eigenvalue weighted by Gasteiger charge is -2.07. The maximum Gasteiger partial charge on any atom is 0.143 e. The van der Waals surface area contributed by atoms with E-state index >= 15 is 0 Å². The van der Waals surface area contributed by atoms with Crippen molar-refractivity contribution in [1.82, 2.24) is 0 Å². The van der Waals surface area contributed by atoms with E-state index in [1.54, 1.807) is 32.1 Å². The van der Waals surface area contributed by atoms with Gasteiger partial charge in [-0.1, -0.05) is 40.8 Å². The molecular formula is C14H12BCl2FO. The lowest BCUT2D eigenvalue weighted by Crippen LogP contribution is -2.08. The highest BCUT2D eigenvalue weighted by Gasteiger charge is 2.01. The molecule has 0 aliphatic heterocycles. The fraction of sp³-hybridized carbons (Fsp3) is 0.143. The second-order valence-electron chi connectivity index (χ2n) is 4.35. The summed E-state index contributed by atoms with van der Waals surface area (Å²) in [5, 5.41) is 1.15. The molecule has 0 N–H and O–H groups in total. The van der Waals surface area contributed by atoms with Crippen molar-refractivity contribution < 1.29 is 9.13 Å². The summed E-state index contributed by atoms with van der Waals surface area (Å²) in [4.78, 5) is 0.